The van der Waals surface area contributed by atoms with E-state index in [2.05, 4.69) is 23.8 Å². The highest BCUT2D eigenvalue weighted by Gasteiger charge is 2.36. The first-order chi connectivity index (χ1) is 5.81. The van der Waals surface area contributed by atoms with Gasteiger partial charge in [0.25, 0.3) is 0 Å². The molecule has 0 radical (unpaired) electrons. The molecule has 0 spiro atoms. The number of hydrogen-bond donors (Lipinski definition) is 0. The van der Waals surface area contributed by atoms with Crippen molar-refractivity contribution in [2.24, 2.45) is 11.0 Å². The zero-order valence-electron chi connectivity index (χ0n) is 7.57. The standard InChI is InChI=1S/C9H16N2O/c1-7-3-8-5-12-6-9(4-7)11(8)10-2/h7-9H,2-6H2,1H3. The molecular formula is C9H16N2O. The van der Waals surface area contributed by atoms with E-state index in [-0.39, 0.29) is 0 Å². The summed E-state index contributed by atoms with van der Waals surface area (Å²) >= 11 is 0. The minimum Gasteiger partial charge on any atom is -0.377 e. The molecule has 2 fully saturated rings. The van der Waals surface area contributed by atoms with Gasteiger partial charge in [0, 0.05) is 6.72 Å². The Morgan fingerprint density at radius 3 is 2.42 bits per heavy atom. The Morgan fingerprint density at radius 1 is 1.33 bits per heavy atom. The van der Waals surface area contributed by atoms with Gasteiger partial charge in [0.05, 0.1) is 25.3 Å². The van der Waals surface area contributed by atoms with E-state index in [4.69, 9.17) is 4.74 Å². The second kappa shape index (κ2) is 3.05. The van der Waals surface area contributed by atoms with E-state index in [0.717, 1.165) is 19.1 Å². The largest absolute Gasteiger partial charge is 0.377 e. The number of nitrogens with zero attached hydrogens (tertiary/aromatic N) is 2. The smallest absolute Gasteiger partial charge is 0.0710 e. The monoisotopic (exact) mass is 168 g/mol. The van der Waals surface area contributed by atoms with Crippen molar-refractivity contribution in [1.29, 1.82) is 0 Å². The van der Waals surface area contributed by atoms with Crippen LogP contribution in [-0.4, -0.2) is 37.0 Å². The molecule has 0 amide bonds. The first-order valence-electron chi connectivity index (χ1n) is 4.64. The van der Waals surface area contributed by atoms with Crippen molar-refractivity contribution in [2.45, 2.75) is 31.8 Å². The van der Waals surface area contributed by atoms with Crippen molar-refractivity contribution >= 4 is 6.72 Å². The molecule has 0 N–H and O–H groups in total. The summed E-state index contributed by atoms with van der Waals surface area (Å²) in [5.74, 6) is 0.821. The van der Waals surface area contributed by atoms with E-state index in [1.807, 2.05) is 0 Å². The average molecular weight is 168 g/mol. The van der Waals surface area contributed by atoms with Crippen LogP contribution < -0.4 is 0 Å². The van der Waals surface area contributed by atoms with E-state index >= 15 is 0 Å². The number of morpholine rings is 1. The van der Waals surface area contributed by atoms with Crippen LogP contribution in [-0.2, 0) is 4.74 Å². The van der Waals surface area contributed by atoms with Crippen molar-refractivity contribution in [1.82, 2.24) is 5.01 Å². The van der Waals surface area contributed by atoms with Gasteiger partial charge in [0.1, 0.15) is 0 Å². The van der Waals surface area contributed by atoms with Crippen molar-refractivity contribution in [3.05, 3.63) is 0 Å². The van der Waals surface area contributed by atoms with Crippen LogP contribution in [0.3, 0.4) is 0 Å². The van der Waals surface area contributed by atoms with E-state index in [9.17, 15) is 0 Å². The first kappa shape index (κ1) is 8.05. The Balaban J connectivity index is 2.11. The molecule has 2 atom stereocenters. The molecule has 12 heavy (non-hydrogen) atoms. The number of hydrazone groups is 1. The van der Waals surface area contributed by atoms with Gasteiger partial charge in [-0.05, 0) is 18.8 Å². The lowest BCUT2D eigenvalue weighted by Gasteiger charge is -2.45. The van der Waals surface area contributed by atoms with E-state index in [1.165, 1.54) is 12.8 Å². The maximum Gasteiger partial charge on any atom is 0.0710 e. The maximum absolute atomic E-state index is 5.49. The van der Waals surface area contributed by atoms with Gasteiger partial charge in [0.15, 0.2) is 0 Å². The fraction of sp³-hybridized carbons (Fsp3) is 0.889. The van der Waals surface area contributed by atoms with Crippen LogP contribution in [0.5, 0.6) is 0 Å². The summed E-state index contributed by atoms with van der Waals surface area (Å²) in [6.45, 7) is 7.59. The Hall–Kier alpha value is -0.570. The number of rotatable bonds is 1. The minimum absolute atomic E-state index is 0.491. The van der Waals surface area contributed by atoms with Gasteiger partial charge < -0.3 is 4.74 Å². The predicted molar refractivity (Wildman–Crippen MR) is 48.2 cm³/mol. The van der Waals surface area contributed by atoms with Crippen molar-refractivity contribution in [3.63, 3.8) is 0 Å². The van der Waals surface area contributed by atoms with Crippen LogP contribution >= 0.6 is 0 Å². The highest BCUT2D eigenvalue weighted by Crippen LogP contribution is 2.30. The molecule has 2 aliphatic heterocycles. The van der Waals surface area contributed by atoms with Gasteiger partial charge in [0.2, 0.25) is 0 Å². The molecule has 0 aromatic rings. The fourth-order valence-electron chi connectivity index (χ4n) is 2.40. The molecule has 0 aromatic carbocycles. The molecule has 2 heterocycles. The summed E-state index contributed by atoms with van der Waals surface area (Å²) in [5, 5.41) is 6.21. The Bertz CT molecular complexity index is 169. The molecule has 3 nitrogen and oxygen atoms in total. The quantitative estimate of drug-likeness (QED) is 0.548. The minimum atomic E-state index is 0.491. The number of piperidine rings is 1. The maximum atomic E-state index is 5.49. The lowest BCUT2D eigenvalue weighted by atomic mass is 9.88. The molecule has 2 saturated heterocycles. The number of hydrogen-bond acceptors (Lipinski definition) is 3. The zero-order valence-corrected chi connectivity index (χ0v) is 7.57. The molecular weight excluding hydrogens is 152 g/mol. The number of fused-ring (bicyclic) bond motifs is 2. The molecule has 2 rings (SSSR count). The lowest BCUT2D eigenvalue weighted by Crippen LogP contribution is -2.53. The molecule has 2 bridgehead atoms. The summed E-state index contributed by atoms with van der Waals surface area (Å²) in [5.41, 5.74) is 0. The van der Waals surface area contributed by atoms with Gasteiger partial charge in [-0.3, -0.25) is 5.01 Å². The third-order valence-electron chi connectivity index (χ3n) is 2.88. The SMILES string of the molecule is C=NN1C2COCC1CC(C)C2. The highest BCUT2D eigenvalue weighted by atomic mass is 16.5. The van der Waals surface area contributed by atoms with E-state index < -0.39 is 0 Å². The van der Waals surface area contributed by atoms with Crippen molar-refractivity contribution in [3.8, 4) is 0 Å². The molecule has 68 valence electrons. The summed E-state index contributed by atoms with van der Waals surface area (Å²) < 4.78 is 5.49. The normalized spacial score (nSPS) is 41.1. The van der Waals surface area contributed by atoms with Gasteiger partial charge in [-0.2, -0.15) is 5.10 Å². The summed E-state index contributed by atoms with van der Waals surface area (Å²) in [7, 11) is 0. The predicted octanol–water partition coefficient (Wildman–Crippen LogP) is 1.10. The second-order valence-corrected chi connectivity index (χ2v) is 3.94. The average Bonchev–Trinajstić information content (AvgIpc) is 2.02. The van der Waals surface area contributed by atoms with Crippen LogP contribution in [0.2, 0.25) is 0 Å². The van der Waals surface area contributed by atoms with Gasteiger partial charge in [-0.25, -0.2) is 0 Å². The zero-order chi connectivity index (χ0) is 8.55. The van der Waals surface area contributed by atoms with Gasteiger partial charge >= 0.3 is 0 Å². The van der Waals surface area contributed by atoms with Crippen LogP contribution in [0.15, 0.2) is 5.10 Å². The summed E-state index contributed by atoms with van der Waals surface area (Å²) in [4.78, 5) is 0. The van der Waals surface area contributed by atoms with Crippen LogP contribution in [0.4, 0.5) is 0 Å². The van der Waals surface area contributed by atoms with E-state index in [0.29, 0.717) is 12.1 Å². The summed E-state index contributed by atoms with van der Waals surface area (Å²) in [6.07, 6.45) is 2.41. The Kier molecular flexibility index (Phi) is 2.05. The molecule has 0 aliphatic carbocycles. The van der Waals surface area contributed by atoms with E-state index in [1.54, 1.807) is 0 Å². The Morgan fingerprint density at radius 2 is 1.92 bits per heavy atom. The molecule has 2 aliphatic rings. The van der Waals surface area contributed by atoms with Gasteiger partial charge in [-0.15, -0.1) is 0 Å². The Labute approximate surface area is 73.4 Å². The fourth-order valence-corrected chi connectivity index (χ4v) is 2.40. The molecule has 3 heteroatoms. The van der Waals surface area contributed by atoms with Gasteiger partial charge in [-0.1, -0.05) is 6.92 Å². The third kappa shape index (κ3) is 1.22. The molecule has 0 aromatic heterocycles. The highest BCUT2D eigenvalue weighted by molar-refractivity contribution is 5.23. The van der Waals surface area contributed by atoms with Crippen LogP contribution in [0, 0.1) is 5.92 Å². The lowest BCUT2D eigenvalue weighted by molar-refractivity contribution is -0.0840. The number of ether oxygens (including phenoxy) is 1. The molecule has 0 saturated carbocycles. The topological polar surface area (TPSA) is 24.8 Å². The van der Waals surface area contributed by atoms with Crippen LogP contribution in [0.1, 0.15) is 19.8 Å². The summed E-state index contributed by atoms with van der Waals surface area (Å²) in [6, 6.07) is 0.981. The molecule has 2 unspecified atom stereocenters. The van der Waals surface area contributed by atoms with Crippen LogP contribution in [0.25, 0.3) is 0 Å². The van der Waals surface area contributed by atoms with Crippen molar-refractivity contribution in [2.75, 3.05) is 13.2 Å². The van der Waals surface area contributed by atoms with Crippen molar-refractivity contribution < 1.29 is 4.74 Å². The third-order valence-corrected chi connectivity index (χ3v) is 2.88. The second-order valence-electron chi connectivity index (χ2n) is 3.94. The first-order valence-corrected chi connectivity index (χ1v) is 4.64.